The van der Waals surface area contributed by atoms with Crippen LogP contribution in [0.2, 0.25) is 10.2 Å². The second kappa shape index (κ2) is 5.82. The van der Waals surface area contributed by atoms with Gasteiger partial charge in [0.05, 0.1) is 17.2 Å². The summed E-state index contributed by atoms with van der Waals surface area (Å²) in [6.07, 6.45) is 0.892. The first-order valence-electron chi connectivity index (χ1n) is 4.54. The Bertz CT molecular complexity index is 421. The lowest BCUT2D eigenvalue weighted by atomic mass is 10.1. The zero-order valence-electron chi connectivity index (χ0n) is 8.50. The van der Waals surface area contributed by atoms with Crippen molar-refractivity contribution in [3.05, 3.63) is 28.0 Å². The molecule has 1 aromatic rings. The molecule has 0 aliphatic carbocycles. The highest BCUT2D eigenvalue weighted by Gasteiger charge is 2.16. The first-order chi connectivity index (χ1) is 7.54. The molecule has 1 aromatic heterocycles. The number of aromatic nitrogens is 1. The largest absolute Gasteiger partial charge is 0.466 e. The molecule has 0 aliphatic rings. The zero-order chi connectivity index (χ0) is 12.1. The SMILES string of the molecule is CCOC(=O)CC(=O)c1cnc(Cl)cc1Cl. The van der Waals surface area contributed by atoms with E-state index < -0.39 is 11.8 Å². The maximum atomic E-state index is 11.6. The van der Waals surface area contributed by atoms with Gasteiger partial charge in [-0.25, -0.2) is 4.98 Å². The number of carbonyl (C=O) groups is 2. The van der Waals surface area contributed by atoms with Crippen molar-refractivity contribution < 1.29 is 14.3 Å². The lowest BCUT2D eigenvalue weighted by Gasteiger charge is -2.03. The molecule has 6 heteroatoms. The standard InChI is InChI=1S/C10H9Cl2NO3/c1-2-16-10(15)4-8(14)6-5-13-9(12)3-7(6)11/h3,5H,2,4H2,1H3. The summed E-state index contributed by atoms with van der Waals surface area (Å²) in [4.78, 5) is 26.4. The van der Waals surface area contributed by atoms with Crippen LogP contribution in [0.25, 0.3) is 0 Å². The molecule has 1 heterocycles. The molecule has 0 fully saturated rings. The average Bonchev–Trinajstić information content (AvgIpc) is 2.17. The van der Waals surface area contributed by atoms with Crippen molar-refractivity contribution in [1.29, 1.82) is 0 Å². The second-order valence-corrected chi connectivity index (χ2v) is 3.69. The first-order valence-corrected chi connectivity index (χ1v) is 5.30. The minimum atomic E-state index is -0.585. The molecule has 4 nitrogen and oxygen atoms in total. The molecule has 0 saturated carbocycles. The predicted octanol–water partition coefficient (Wildman–Crippen LogP) is 2.52. The third kappa shape index (κ3) is 3.47. The zero-order valence-corrected chi connectivity index (χ0v) is 10.0. The summed E-state index contributed by atoms with van der Waals surface area (Å²) in [5, 5.41) is 0.368. The first kappa shape index (κ1) is 12.9. The summed E-state index contributed by atoms with van der Waals surface area (Å²) in [5.74, 6) is -1.02. The lowest BCUT2D eigenvalue weighted by Crippen LogP contribution is -2.12. The minimum absolute atomic E-state index is 0.166. The molecule has 0 unspecified atom stereocenters. The smallest absolute Gasteiger partial charge is 0.313 e. The van der Waals surface area contributed by atoms with E-state index in [1.165, 1.54) is 12.3 Å². The van der Waals surface area contributed by atoms with Crippen LogP contribution in [0.4, 0.5) is 0 Å². The average molecular weight is 262 g/mol. The predicted molar refractivity (Wildman–Crippen MR) is 59.8 cm³/mol. The fourth-order valence-electron chi connectivity index (χ4n) is 1.05. The third-order valence-corrected chi connectivity index (χ3v) is 2.25. The van der Waals surface area contributed by atoms with Crippen LogP contribution in [0.5, 0.6) is 0 Å². The number of hydrogen-bond acceptors (Lipinski definition) is 4. The van der Waals surface area contributed by atoms with Crippen LogP contribution in [0, 0.1) is 0 Å². The van der Waals surface area contributed by atoms with Gasteiger partial charge in [-0.3, -0.25) is 9.59 Å². The van der Waals surface area contributed by atoms with Gasteiger partial charge in [0.1, 0.15) is 11.6 Å². The van der Waals surface area contributed by atoms with Gasteiger partial charge >= 0.3 is 5.97 Å². The van der Waals surface area contributed by atoms with Crippen molar-refractivity contribution >= 4 is 35.0 Å². The van der Waals surface area contributed by atoms with Crippen molar-refractivity contribution in [2.45, 2.75) is 13.3 Å². The molecule has 0 radical (unpaired) electrons. The maximum Gasteiger partial charge on any atom is 0.313 e. The van der Waals surface area contributed by atoms with E-state index >= 15 is 0 Å². The van der Waals surface area contributed by atoms with Gasteiger partial charge in [-0.15, -0.1) is 0 Å². The maximum absolute atomic E-state index is 11.6. The molecule has 0 spiro atoms. The molecule has 86 valence electrons. The summed E-state index contributed by atoms with van der Waals surface area (Å²) in [7, 11) is 0. The highest BCUT2D eigenvalue weighted by atomic mass is 35.5. The molecular formula is C10H9Cl2NO3. The number of hydrogen-bond donors (Lipinski definition) is 0. The lowest BCUT2D eigenvalue weighted by molar-refractivity contribution is -0.141. The molecule has 0 bridgehead atoms. The van der Waals surface area contributed by atoms with Crippen LogP contribution < -0.4 is 0 Å². The Morgan fingerprint density at radius 3 is 2.69 bits per heavy atom. The van der Waals surface area contributed by atoms with E-state index in [9.17, 15) is 9.59 Å². The molecule has 0 aliphatic heterocycles. The van der Waals surface area contributed by atoms with E-state index in [4.69, 9.17) is 23.2 Å². The van der Waals surface area contributed by atoms with Gasteiger partial charge in [0.15, 0.2) is 5.78 Å². The monoisotopic (exact) mass is 261 g/mol. The molecule has 0 amide bonds. The fraction of sp³-hybridized carbons (Fsp3) is 0.300. The second-order valence-electron chi connectivity index (χ2n) is 2.89. The summed E-state index contributed by atoms with van der Waals surface area (Å²) in [6, 6.07) is 1.35. The number of ether oxygens (including phenoxy) is 1. The van der Waals surface area contributed by atoms with Crippen LogP contribution in [0.3, 0.4) is 0 Å². The number of pyridine rings is 1. The van der Waals surface area contributed by atoms with E-state index in [1.54, 1.807) is 6.92 Å². The van der Waals surface area contributed by atoms with Crippen molar-refractivity contribution in [2.75, 3.05) is 6.61 Å². The van der Waals surface area contributed by atoms with Gasteiger partial charge in [-0.05, 0) is 13.0 Å². The van der Waals surface area contributed by atoms with Gasteiger partial charge in [0.2, 0.25) is 0 Å². The molecule has 0 aromatic carbocycles. The van der Waals surface area contributed by atoms with E-state index in [0.29, 0.717) is 0 Å². The summed E-state index contributed by atoms with van der Waals surface area (Å²) < 4.78 is 4.65. The van der Waals surface area contributed by atoms with Gasteiger partial charge in [-0.1, -0.05) is 23.2 Å². The number of esters is 1. The molecule has 1 rings (SSSR count). The topological polar surface area (TPSA) is 56.3 Å². The Balaban J connectivity index is 2.77. The molecule has 0 saturated heterocycles. The van der Waals surface area contributed by atoms with Crippen LogP contribution in [0.15, 0.2) is 12.3 Å². The summed E-state index contributed by atoms with van der Waals surface area (Å²) >= 11 is 11.4. The Labute approximate surface area is 103 Å². The van der Waals surface area contributed by atoms with E-state index in [-0.39, 0.29) is 28.8 Å². The van der Waals surface area contributed by atoms with E-state index in [1.807, 2.05) is 0 Å². The third-order valence-electron chi connectivity index (χ3n) is 1.73. The molecule has 0 atom stereocenters. The Kier molecular flexibility index (Phi) is 4.71. The van der Waals surface area contributed by atoms with Crippen LogP contribution in [0.1, 0.15) is 23.7 Å². The number of rotatable bonds is 4. The number of nitrogens with zero attached hydrogens (tertiary/aromatic N) is 1. The van der Waals surface area contributed by atoms with Crippen molar-refractivity contribution in [3.63, 3.8) is 0 Å². The van der Waals surface area contributed by atoms with E-state index in [0.717, 1.165) is 0 Å². The van der Waals surface area contributed by atoms with E-state index in [2.05, 4.69) is 9.72 Å². The minimum Gasteiger partial charge on any atom is -0.466 e. The van der Waals surface area contributed by atoms with Gasteiger partial charge in [-0.2, -0.15) is 0 Å². The normalized spacial score (nSPS) is 9.94. The van der Waals surface area contributed by atoms with Gasteiger partial charge in [0.25, 0.3) is 0 Å². The molecule has 0 N–H and O–H groups in total. The summed E-state index contributed by atoms with van der Waals surface area (Å²) in [5.41, 5.74) is 0.166. The Morgan fingerprint density at radius 1 is 1.44 bits per heavy atom. The van der Waals surface area contributed by atoms with Crippen molar-refractivity contribution in [2.24, 2.45) is 0 Å². The van der Waals surface area contributed by atoms with Crippen molar-refractivity contribution in [1.82, 2.24) is 4.98 Å². The number of ketones is 1. The highest BCUT2D eigenvalue weighted by molar-refractivity contribution is 6.36. The Hall–Kier alpha value is -1.13. The highest BCUT2D eigenvalue weighted by Crippen LogP contribution is 2.19. The van der Waals surface area contributed by atoms with Gasteiger partial charge < -0.3 is 4.74 Å². The molecule has 16 heavy (non-hydrogen) atoms. The number of carbonyl (C=O) groups excluding carboxylic acids is 2. The summed E-state index contributed by atoms with van der Waals surface area (Å²) in [6.45, 7) is 1.90. The van der Waals surface area contributed by atoms with Crippen LogP contribution in [-0.2, 0) is 9.53 Å². The Morgan fingerprint density at radius 2 is 2.12 bits per heavy atom. The number of halogens is 2. The van der Waals surface area contributed by atoms with Gasteiger partial charge in [0, 0.05) is 6.20 Å². The van der Waals surface area contributed by atoms with Crippen LogP contribution >= 0.6 is 23.2 Å². The molecular weight excluding hydrogens is 253 g/mol. The van der Waals surface area contributed by atoms with Crippen molar-refractivity contribution in [3.8, 4) is 0 Å². The fourth-order valence-corrected chi connectivity index (χ4v) is 1.52. The van der Waals surface area contributed by atoms with Crippen LogP contribution in [-0.4, -0.2) is 23.3 Å². The quantitative estimate of drug-likeness (QED) is 0.362. The number of Topliss-reactive ketones (excluding diaryl/α,β-unsaturated/α-hetero) is 1.